The number of anilines is 2. The maximum Gasteiger partial charge on any atom is 0.337 e. The summed E-state index contributed by atoms with van der Waals surface area (Å²) in [7, 11) is 0. The Morgan fingerprint density at radius 1 is 1.29 bits per heavy atom. The molecule has 4 N–H and O–H groups in total. The summed E-state index contributed by atoms with van der Waals surface area (Å²) in [5.74, 6) is -0.211. The van der Waals surface area contributed by atoms with Gasteiger partial charge in [-0.2, -0.15) is 0 Å². The van der Waals surface area contributed by atoms with Gasteiger partial charge in [0, 0.05) is 17.9 Å². The second-order valence-corrected chi connectivity index (χ2v) is 4.70. The molecule has 0 saturated heterocycles. The van der Waals surface area contributed by atoms with Crippen molar-refractivity contribution in [2.24, 2.45) is 0 Å². The summed E-state index contributed by atoms with van der Waals surface area (Å²) in [6.07, 6.45) is 0. The monoisotopic (exact) mass is 286 g/mol. The van der Waals surface area contributed by atoms with Gasteiger partial charge in [-0.3, -0.25) is 0 Å². The fraction of sp³-hybridized carbons (Fsp3) is 0.188. The van der Waals surface area contributed by atoms with E-state index in [-0.39, 0.29) is 5.56 Å². The number of aromatic carboxylic acids is 1. The lowest BCUT2D eigenvalue weighted by Crippen LogP contribution is -2.14. The molecule has 0 aliphatic rings. The standard InChI is InChI=1S/C16H18N2O3/c1-11-3-2-4-13(9-11)21-8-7-18-15-6-5-12(17)10-14(15)16(19)20/h2-6,9-10,18H,7-8,17H2,1H3,(H,19,20). The molecule has 5 heteroatoms. The number of carboxylic acid groups (broad SMARTS) is 1. The Balaban J connectivity index is 1.90. The van der Waals surface area contributed by atoms with Crippen LogP contribution in [0.4, 0.5) is 11.4 Å². The van der Waals surface area contributed by atoms with Crippen LogP contribution in [0.25, 0.3) is 0 Å². The van der Waals surface area contributed by atoms with E-state index in [0.29, 0.717) is 24.5 Å². The Morgan fingerprint density at radius 2 is 2.10 bits per heavy atom. The van der Waals surface area contributed by atoms with Gasteiger partial charge >= 0.3 is 5.97 Å². The van der Waals surface area contributed by atoms with E-state index in [9.17, 15) is 4.79 Å². The van der Waals surface area contributed by atoms with Crippen molar-refractivity contribution >= 4 is 17.3 Å². The van der Waals surface area contributed by atoms with Crippen LogP contribution in [-0.4, -0.2) is 24.2 Å². The molecule has 5 nitrogen and oxygen atoms in total. The molecule has 0 fully saturated rings. The first-order valence-electron chi connectivity index (χ1n) is 6.62. The van der Waals surface area contributed by atoms with Crippen molar-refractivity contribution in [1.82, 2.24) is 0 Å². The van der Waals surface area contributed by atoms with Gasteiger partial charge < -0.3 is 20.9 Å². The van der Waals surface area contributed by atoms with Crippen LogP contribution in [0.2, 0.25) is 0 Å². The molecule has 0 aromatic heterocycles. The van der Waals surface area contributed by atoms with Gasteiger partial charge in [0.1, 0.15) is 12.4 Å². The molecular weight excluding hydrogens is 268 g/mol. The summed E-state index contributed by atoms with van der Waals surface area (Å²) in [4.78, 5) is 11.1. The predicted molar refractivity (Wildman–Crippen MR) is 83.0 cm³/mol. The van der Waals surface area contributed by atoms with E-state index < -0.39 is 5.97 Å². The van der Waals surface area contributed by atoms with Crippen LogP contribution < -0.4 is 15.8 Å². The molecule has 0 aliphatic carbocycles. The predicted octanol–water partition coefficient (Wildman–Crippen LogP) is 2.77. The SMILES string of the molecule is Cc1cccc(OCCNc2ccc(N)cc2C(=O)O)c1. The fourth-order valence-electron chi connectivity index (χ4n) is 1.95. The second kappa shape index (κ2) is 6.65. The maximum atomic E-state index is 11.1. The number of aryl methyl sites for hydroxylation is 1. The first-order chi connectivity index (χ1) is 10.1. The fourth-order valence-corrected chi connectivity index (χ4v) is 1.95. The van der Waals surface area contributed by atoms with Gasteiger partial charge in [0.05, 0.1) is 5.56 Å². The Labute approximate surface area is 123 Å². The molecule has 0 radical (unpaired) electrons. The summed E-state index contributed by atoms with van der Waals surface area (Å²) in [5.41, 5.74) is 7.84. The summed E-state index contributed by atoms with van der Waals surface area (Å²) in [6, 6.07) is 12.5. The van der Waals surface area contributed by atoms with Crippen LogP contribution in [-0.2, 0) is 0 Å². The lowest BCUT2D eigenvalue weighted by molar-refractivity contribution is 0.0698. The average molecular weight is 286 g/mol. The molecule has 0 saturated carbocycles. The number of carbonyl (C=O) groups is 1. The molecule has 21 heavy (non-hydrogen) atoms. The third-order valence-corrected chi connectivity index (χ3v) is 2.95. The quantitative estimate of drug-likeness (QED) is 0.561. The molecule has 2 rings (SSSR count). The summed E-state index contributed by atoms with van der Waals surface area (Å²) < 4.78 is 5.60. The number of carboxylic acids is 1. The van der Waals surface area contributed by atoms with Crippen molar-refractivity contribution in [2.75, 3.05) is 24.2 Å². The zero-order valence-corrected chi connectivity index (χ0v) is 11.8. The number of nitrogens with one attached hydrogen (secondary N) is 1. The van der Waals surface area contributed by atoms with E-state index in [1.165, 1.54) is 6.07 Å². The largest absolute Gasteiger partial charge is 0.492 e. The summed E-state index contributed by atoms with van der Waals surface area (Å²) >= 11 is 0. The normalized spacial score (nSPS) is 10.1. The van der Waals surface area contributed by atoms with Crippen molar-refractivity contribution in [3.63, 3.8) is 0 Å². The summed E-state index contributed by atoms with van der Waals surface area (Å²) in [5, 5.41) is 12.2. The number of ether oxygens (including phenoxy) is 1. The Hall–Kier alpha value is -2.69. The van der Waals surface area contributed by atoms with Crippen molar-refractivity contribution in [1.29, 1.82) is 0 Å². The van der Waals surface area contributed by atoms with Crippen LogP contribution in [0.1, 0.15) is 15.9 Å². The Morgan fingerprint density at radius 3 is 2.81 bits per heavy atom. The zero-order valence-electron chi connectivity index (χ0n) is 11.8. The number of nitrogens with two attached hydrogens (primary N) is 1. The lowest BCUT2D eigenvalue weighted by atomic mass is 10.1. The number of hydrogen-bond acceptors (Lipinski definition) is 4. The molecule has 0 heterocycles. The smallest absolute Gasteiger partial charge is 0.337 e. The van der Waals surface area contributed by atoms with Crippen LogP contribution in [0.15, 0.2) is 42.5 Å². The van der Waals surface area contributed by atoms with Crippen LogP contribution >= 0.6 is 0 Å². The molecule has 0 amide bonds. The van der Waals surface area contributed by atoms with Gasteiger partial charge in [-0.1, -0.05) is 12.1 Å². The number of nitrogen functional groups attached to an aromatic ring is 1. The zero-order chi connectivity index (χ0) is 15.2. The third kappa shape index (κ3) is 4.14. The number of hydrogen-bond donors (Lipinski definition) is 3. The molecule has 0 atom stereocenters. The van der Waals surface area contributed by atoms with Crippen molar-refractivity contribution in [3.05, 3.63) is 53.6 Å². The molecule has 110 valence electrons. The van der Waals surface area contributed by atoms with Gasteiger partial charge in [0.15, 0.2) is 0 Å². The molecule has 2 aromatic carbocycles. The lowest BCUT2D eigenvalue weighted by Gasteiger charge is -2.11. The highest BCUT2D eigenvalue weighted by Gasteiger charge is 2.09. The molecule has 0 unspecified atom stereocenters. The van der Waals surface area contributed by atoms with Crippen LogP contribution in [0.3, 0.4) is 0 Å². The maximum absolute atomic E-state index is 11.1. The Kier molecular flexibility index (Phi) is 4.66. The topological polar surface area (TPSA) is 84.6 Å². The van der Waals surface area contributed by atoms with Gasteiger partial charge in [0.25, 0.3) is 0 Å². The van der Waals surface area contributed by atoms with E-state index in [2.05, 4.69) is 5.32 Å². The number of rotatable bonds is 6. The minimum Gasteiger partial charge on any atom is -0.492 e. The van der Waals surface area contributed by atoms with Crippen LogP contribution in [0.5, 0.6) is 5.75 Å². The van der Waals surface area contributed by atoms with Crippen molar-refractivity contribution in [2.45, 2.75) is 6.92 Å². The minimum atomic E-state index is -1.01. The van der Waals surface area contributed by atoms with E-state index in [1.54, 1.807) is 12.1 Å². The molecule has 0 aliphatic heterocycles. The molecular formula is C16H18N2O3. The highest BCUT2D eigenvalue weighted by molar-refractivity contribution is 5.95. The van der Waals surface area contributed by atoms with E-state index in [4.69, 9.17) is 15.6 Å². The van der Waals surface area contributed by atoms with Crippen LogP contribution in [0, 0.1) is 6.92 Å². The van der Waals surface area contributed by atoms with Gasteiger partial charge in [-0.15, -0.1) is 0 Å². The van der Waals surface area contributed by atoms with Gasteiger partial charge in [-0.25, -0.2) is 4.79 Å². The highest BCUT2D eigenvalue weighted by Crippen LogP contribution is 2.19. The molecule has 2 aromatic rings. The molecule has 0 spiro atoms. The first-order valence-corrected chi connectivity index (χ1v) is 6.62. The third-order valence-electron chi connectivity index (χ3n) is 2.95. The van der Waals surface area contributed by atoms with Gasteiger partial charge in [-0.05, 0) is 42.8 Å². The van der Waals surface area contributed by atoms with E-state index in [1.807, 2.05) is 31.2 Å². The minimum absolute atomic E-state index is 0.158. The average Bonchev–Trinajstić information content (AvgIpc) is 2.44. The van der Waals surface area contributed by atoms with Crippen molar-refractivity contribution < 1.29 is 14.6 Å². The Bertz CT molecular complexity index is 641. The highest BCUT2D eigenvalue weighted by atomic mass is 16.5. The first kappa shape index (κ1) is 14.7. The van der Waals surface area contributed by atoms with E-state index >= 15 is 0 Å². The van der Waals surface area contributed by atoms with E-state index in [0.717, 1.165) is 11.3 Å². The summed E-state index contributed by atoms with van der Waals surface area (Å²) in [6.45, 7) is 2.93. The van der Waals surface area contributed by atoms with Crippen molar-refractivity contribution in [3.8, 4) is 5.75 Å². The van der Waals surface area contributed by atoms with Gasteiger partial charge in [0.2, 0.25) is 0 Å². The number of benzene rings is 2. The molecule has 0 bridgehead atoms. The second-order valence-electron chi connectivity index (χ2n) is 4.70.